The summed E-state index contributed by atoms with van der Waals surface area (Å²) in [5.74, 6) is 0.805. The summed E-state index contributed by atoms with van der Waals surface area (Å²) in [4.78, 5) is 12.0. The summed E-state index contributed by atoms with van der Waals surface area (Å²) in [6.45, 7) is 6.22. The first-order chi connectivity index (χ1) is 8.48. The maximum Gasteiger partial charge on any atom is 0.224 e. The molecule has 0 spiro atoms. The Morgan fingerprint density at radius 1 is 1.33 bits per heavy atom. The molecule has 0 saturated heterocycles. The second-order valence-corrected chi connectivity index (χ2v) is 5.17. The van der Waals surface area contributed by atoms with Crippen LogP contribution >= 0.6 is 0 Å². The van der Waals surface area contributed by atoms with Crippen LogP contribution in [-0.2, 0) is 11.2 Å². The number of nitrogens with one attached hydrogen (secondary N) is 1. The fourth-order valence-corrected chi connectivity index (χ4v) is 2.13. The monoisotopic (exact) mass is 249 g/mol. The van der Waals surface area contributed by atoms with E-state index in [1.165, 1.54) is 0 Å². The minimum atomic E-state index is -0.145. The first kappa shape index (κ1) is 14.6. The van der Waals surface area contributed by atoms with Gasteiger partial charge < -0.3 is 10.1 Å². The van der Waals surface area contributed by atoms with Gasteiger partial charge in [-0.25, -0.2) is 0 Å². The molecule has 0 aliphatic carbocycles. The van der Waals surface area contributed by atoms with Crippen molar-refractivity contribution in [3.8, 4) is 5.75 Å². The number of benzene rings is 1. The lowest BCUT2D eigenvalue weighted by Gasteiger charge is -2.26. The number of rotatable bonds is 6. The van der Waals surface area contributed by atoms with E-state index in [-0.39, 0.29) is 11.4 Å². The second-order valence-electron chi connectivity index (χ2n) is 5.17. The molecule has 100 valence electrons. The molecule has 0 saturated carbocycles. The van der Waals surface area contributed by atoms with Gasteiger partial charge in [-0.1, -0.05) is 31.5 Å². The minimum absolute atomic E-state index is 0.0398. The molecule has 0 aromatic heterocycles. The van der Waals surface area contributed by atoms with Gasteiger partial charge in [-0.15, -0.1) is 0 Å². The predicted octanol–water partition coefficient (Wildman–Crippen LogP) is 2.93. The van der Waals surface area contributed by atoms with E-state index < -0.39 is 0 Å². The van der Waals surface area contributed by atoms with Gasteiger partial charge in [-0.05, 0) is 26.3 Å². The number of hydrogen-bond acceptors (Lipinski definition) is 2. The lowest BCUT2D eigenvalue weighted by molar-refractivity contribution is -0.122. The molecular weight excluding hydrogens is 226 g/mol. The molecule has 0 aliphatic heterocycles. The fraction of sp³-hybridized carbons (Fsp3) is 0.533. The van der Waals surface area contributed by atoms with E-state index in [4.69, 9.17) is 4.74 Å². The van der Waals surface area contributed by atoms with E-state index in [1.807, 2.05) is 24.3 Å². The van der Waals surface area contributed by atoms with Crippen LogP contribution in [0.4, 0.5) is 0 Å². The zero-order chi connectivity index (χ0) is 13.6. The Morgan fingerprint density at radius 3 is 2.61 bits per heavy atom. The fourth-order valence-electron chi connectivity index (χ4n) is 2.13. The Labute approximate surface area is 110 Å². The molecular formula is C15H23NO2. The van der Waals surface area contributed by atoms with Crippen LogP contribution in [0.15, 0.2) is 24.3 Å². The zero-order valence-electron chi connectivity index (χ0n) is 11.7. The molecule has 0 atom stereocenters. The third kappa shape index (κ3) is 4.40. The lowest BCUT2D eigenvalue weighted by Crippen LogP contribution is -2.43. The smallest absolute Gasteiger partial charge is 0.224 e. The molecule has 1 aromatic carbocycles. The Bertz CT molecular complexity index is 399. The molecule has 0 bridgehead atoms. The molecule has 0 fully saturated rings. The van der Waals surface area contributed by atoms with Gasteiger partial charge in [0.2, 0.25) is 5.91 Å². The van der Waals surface area contributed by atoms with Crippen molar-refractivity contribution in [3.63, 3.8) is 0 Å². The van der Waals surface area contributed by atoms with Crippen molar-refractivity contribution in [1.82, 2.24) is 5.32 Å². The molecule has 0 radical (unpaired) electrons. The number of hydrogen-bond donors (Lipinski definition) is 1. The Hall–Kier alpha value is -1.51. The topological polar surface area (TPSA) is 38.3 Å². The maximum absolute atomic E-state index is 12.0. The van der Waals surface area contributed by atoms with E-state index in [1.54, 1.807) is 7.11 Å². The molecule has 18 heavy (non-hydrogen) atoms. The summed E-state index contributed by atoms with van der Waals surface area (Å²) in [6.07, 6.45) is 2.39. The predicted molar refractivity (Wildman–Crippen MR) is 73.8 cm³/mol. The average Bonchev–Trinajstić information content (AvgIpc) is 2.28. The zero-order valence-corrected chi connectivity index (χ0v) is 11.7. The van der Waals surface area contributed by atoms with Crippen molar-refractivity contribution in [2.45, 2.75) is 45.6 Å². The molecule has 1 aromatic rings. The Morgan fingerprint density at radius 2 is 2.00 bits per heavy atom. The van der Waals surface area contributed by atoms with Gasteiger partial charge in [0.15, 0.2) is 0 Å². The van der Waals surface area contributed by atoms with E-state index in [0.29, 0.717) is 6.42 Å². The third-order valence-electron chi connectivity index (χ3n) is 2.90. The maximum atomic E-state index is 12.0. The van der Waals surface area contributed by atoms with E-state index in [9.17, 15) is 4.79 Å². The highest BCUT2D eigenvalue weighted by Gasteiger charge is 2.19. The van der Waals surface area contributed by atoms with Crippen LogP contribution in [0.25, 0.3) is 0 Å². The summed E-state index contributed by atoms with van der Waals surface area (Å²) < 4.78 is 5.24. The molecule has 0 aliphatic rings. The Balaban J connectivity index is 2.65. The van der Waals surface area contributed by atoms with E-state index >= 15 is 0 Å². The van der Waals surface area contributed by atoms with Gasteiger partial charge >= 0.3 is 0 Å². The van der Waals surface area contributed by atoms with Crippen molar-refractivity contribution in [2.24, 2.45) is 0 Å². The number of para-hydroxylation sites is 1. The first-order valence-electron chi connectivity index (χ1n) is 6.41. The number of amides is 1. The number of carbonyl (C=O) groups is 1. The van der Waals surface area contributed by atoms with Crippen molar-refractivity contribution in [3.05, 3.63) is 29.8 Å². The summed E-state index contributed by atoms with van der Waals surface area (Å²) in [7, 11) is 1.62. The highest BCUT2D eigenvalue weighted by atomic mass is 16.5. The number of methoxy groups -OCH3 is 1. The van der Waals surface area contributed by atoms with Gasteiger partial charge in [-0.2, -0.15) is 0 Å². The van der Waals surface area contributed by atoms with Gasteiger partial charge in [-0.3, -0.25) is 4.79 Å². The van der Waals surface area contributed by atoms with Crippen LogP contribution in [0.2, 0.25) is 0 Å². The third-order valence-corrected chi connectivity index (χ3v) is 2.90. The van der Waals surface area contributed by atoms with Crippen LogP contribution in [0, 0.1) is 0 Å². The summed E-state index contributed by atoms with van der Waals surface area (Å²) in [5.41, 5.74) is 0.776. The minimum Gasteiger partial charge on any atom is -0.496 e. The van der Waals surface area contributed by atoms with Crippen LogP contribution in [0.1, 0.15) is 39.2 Å². The molecule has 0 unspecified atom stereocenters. The van der Waals surface area contributed by atoms with Crippen LogP contribution in [-0.4, -0.2) is 18.6 Å². The Kier molecular flexibility index (Phi) is 5.20. The highest BCUT2D eigenvalue weighted by molar-refractivity contribution is 5.80. The largest absolute Gasteiger partial charge is 0.496 e. The van der Waals surface area contributed by atoms with Crippen molar-refractivity contribution >= 4 is 5.91 Å². The van der Waals surface area contributed by atoms with E-state index in [2.05, 4.69) is 26.1 Å². The van der Waals surface area contributed by atoms with Gasteiger partial charge in [0, 0.05) is 11.1 Å². The number of carbonyl (C=O) groups excluding carboxylic acids is 1. The van der Waals surface area contributed by atoms with Crippen molar-refractivity contribution < 1.29 is 9.53 Å². The normalized spacial score (nSPS) is 11.1. The molecule has 1 rings (SSSR count). The summed E-state index contributed by atoms with van der Waals surface area (Å²) in [6, 6.07) is 7.62. The van der Waals surface area contributed by atoms with Crippen LogP contribution in [0.3, 0.4) is 0 Å². The van der Waals surface area contributed by atoms with E-state index in [0.717, 1.165) is 24.2 Å². The molecule has 1 N–H and O–H groups in total. The summed E-state index contributed by atoms with van der Waals surface area (Å²) >= 11 is 0. The summed E-state index contributed by atoms with van der Waals surface area (Å²) in [5, 5.41) is 3.06. The average molecular weight is 249 g/mol. The van der Waals surface area contributed by atoms with Crippen molar-refractivity contribution in [2.75, 3.05) is 7.11 Å². The second kappa shape index (κ2) is 6.43. The lowest BCUT2D eigenvalue weighted by atomic mass is 9.98. The number of ether oxygens (including phenoxy) is 1. The molecule has 0 heterocycles. The van der Waals surface area contributed by atoms with Gasteiger partial charge in [0.05, 0.1) is 13.5 Å². The standard InChI is InChI=1S/C15H23NO2/c1-5-10-15(2,3)16-14(17)11-12-8-6-7-9-13(12)18-4/h6-9H,5,10-11H2,1-4H3,(H,16,17). The molecule has 3 heteroatoms. The quantitative estimate of drug-likeness (QED) is 0.841. The first-order valence-corrected chi connectivity index (χ1v) is 6.41. The van der Waals surface area contributed by atoms with Gasteiger partial charge in [0.25, 0.3) is 0 Å². The molecule has 1 amide bonds. The van der Waals surface area contributed by atoms with Crippen molar-refractivity contribution in [1.29, 1.82) is 0 Å². The highest BCUT2D eigenvalue weighted by Crippen LogP contribution is 2.18. The molecule has 3 nitrogen and oxygen atoms in total. The SMILES string of the molecule is CCCC(C)(C)NC(=O)Cc1ccccc1OC. The van der Waals surface area contributed by atoms with Crippen LogP contribution < -0.4 is 10.1 Å². The van der Waals surface area contributed by atoms with Gasteiger partial charge in [0.1, 0.15) is 5.75 Å². The van der Waals surface area contributed by atoms with Crippen LogP contribution in [0.5, 0.6) is 5.75 Å².